The van der Waals surface area contributed by atoms with Gasteiger partial charge < -0.3 is 9.47 Å². The predicted octanol–water partition coefficient (Wildman–Crippen LogP) is 4.66. The van der Waals surface area contributed by atoms with Gasteiger partial charge in [-0.15, -0.1) is 0 Å². The first-order valence-electron chi connectivity index (χ1n) is 9.79. The molecule has 0 amide bonds. The second kappa shape index (κ2) is 7.38. The summed E-state index contributed by atoms with van der Waals surface area (Å²) >= 11 is 0. The Morgan fingerprint density at radius 1 is 1.10 bits per heavy atom. The van der Waals surface area contributed by atoms with Gasteiger partial charge in [0.1, 0.15) is 23.2 Å². The Kier molecular flexibility index (Phi) is 4.89. The first-order chi connectivity index (χ1) is 13.9. The maximum Gasteiger partial charge on any atom is 0.164 e. The molecule has 2 N–H and O–H groups in total. The molecule has 5 nitrogen and oxygen atoms in total. The van der Waals surface area contributed by atoms with Gasteiger partial charge in [-0.05, 0) is 35.2 Å². The maximum atomic E-state index is 13.1. The van der Waals surface area contributed by atoms with Gasteiger partial charge in [0.15, 0.2) is 12.0 Å². The number of hydrogen-bond donors (Lipinski definition) is 1. The van der Waals surface area contributed by atoms with E-state index in [1.807, 2.05) is 68.4 Å². The highest BCUT2D eigenvalue weighted by Gasteiger charge is 2.46. The molecule has 3 unspecified atom stereocenters. The minimum absolute atomic E-state index is 0.0304. The largest absolute Gasteiger partial charge is 0.478 e. The van der Waals surface area contributed by atoms with Crippen molar-refractivity contribution in [3.63, 3.8) is 0 Å². The molecule has 0 aromatic heterocycles. The molecule has 2 aliphatic rings. The summed E-state index contributed by atoms with van der Waals surface area (Å²) in [6.07, 6.45) is 0.291. The number of allylic oxidation sites excluding steroid dienone is 2. The zero-order valence-corrected chi connectivity index (χ0v) is 16.6. The van der Waals surface area contributed by atoms with E-state index in [9.17, 15) is 10.1 Å². The monoisotopic (exact) mass is 388 g/mol. The third-order valence-electron chi connectivity index (χ3n) is 5.53. The van der Waals surface area contributed by atoms with Crippen LogP contribution in [-0.4, -0.2) is 12.0 Å². The first kappa shape index (κ1) is 19.2. The third-order valence-corrected chi connectivity index (χ3v) is 5.53. The molecular formula is C24H24N2O3. The SMILES string of the molecule is CC1(C)CC(=O)C2=C(C1)OC(N)C(C#N)C2c1cccc(Oc2ccccc2)c1. The van der Waals surface area contributed by atoms with Crippen molar-refractivity contribution in [2.45, 2.75) is 38.8 Å². The number of nitrogens with zero attached hydrogens (tertiary/aromatic N) is 1. The maximum absolute atomic E-state index is 13.1. The number of para-hydroxylation sites is 1. The van der Waals surface area contributed by atoms with E-state index in [4.69, 9.17) is 15.2 Å². The van der Waals surface area contributed by atoms with E-state index in [-0.39, 0.29) is 11.2 Å². The topological polar surface area (TPSA) is 85.3 Å². The summed E-state index contributed by atoms with van der Waals surface area (Å²) in [5.41, 5.74) is 7.45. The highest BCUT2D eigenvalue weighted by molar-refractivity contribution is 5.99. The Morgan fingerprint density at radius 2 is 1.83 bits per heavy atom. The molecule has 0 saturated carbocycles. The van der Waals surface area contributed by atoms with Crippen LogP contribution in [0.2, 0.25) is 0 Å². The number of Topliss-reactive ketones (excluding diaryl/α,β-unsaturated/α-hetero) is 1. The van der Waals surface area contributed by atoms with Crippen LogP contribution in [0.15, 0.2) is 65.9 Å². The molecule has 5 heteroatoms. The molecule has 1 heterocycles. The standard InChI is InChI=1S/C24H24N2O3/c1-24(2)12-19(27)22-20(13-24)29-23(26)18(14-25)21(22)15-7-6-10-17(11-15)28-16-8-4-3-5-9-16/h3-11,18,21,23H,12-13,26H2,1-2H3. The predicted molar refractivity (Wildman–Crippen MR) is 109 cm³/mol. The van der Waals surface area contributed by atoms with Crippen molar-refractivity contribution in [1.29, 1.82) is 5.26 Å². The summed E-state index contributed by atoms with van der Waals surface area (Å²) in [7, 11) is 0. The van der Waals surface area contributed by atoms with Gasteiger partial charge in [0.2, 0.25) is 0 Å². The third kappa shape index (κ3) is 3.76. The average Bonchev–Trinajstić information content (AvgIpc) is 2.67. The molecule has 0 radical (unpaired) electrons. The molecule has 2 aromatic carbocycles. The molecule has 3 atom stereocenters. The fourth-order valence-corrected chi connectivity index (χ4v) is 4.25. The van der Waals surface area contributed by atoms with Crippen LogP contribution in [-0.2, 0) is 9.53 Å². The second-order valence-corrected chi connectivity index (χ2v) is 8.48. The van der Waals surface area contributed by atoms with E-state index >= 15 is 0 Å². The summed E-state index contributed by atoms with van der Waals surface area (Å²) in [5, 5.41) is 9.80. The van der Waals surface area contributed by atoms with Gasteiger partial charge >= 0.3 is 0 Å². The first-order valence-corrected chi connectivity index (χ1v) is 9.79. The lowest BCUT2D eigenvalue weighted by Gasteiger charge is -2.41. The lowest BCUT2D eigenvalue weighted by Crippen LogP contribution is -2.44. The average molecular weight is 388 g/mol. The Labute approximate surface area is 170 Å². The molecule has 0 spiro atoms. The number of carbonyl (C=O) groups is 1. The van der Waals surface area contributed by atoms with Crippen LogP contribution in [0, 0.1) is 22.7 Å². The Morgan fingerprint density at radius 3 is 2.55 bits per heavy atom. The zero-order valence-electron chi connectivity index (χ0n) is 16.6. The van der Waals surface area contributed by atoms with E-state index in [0.717, 1.165) is 11.3 Å². The van der Waals surface area contributed by atoms with Crippen LogP contribution in [0.25, 0.3) is 0 Å². The zero-order chi connectivity index (χ0) is 20.6. The van der Waals surface area contributed by atoms with E-state index in [1.54, 1.807) is 0 Å². The number of carbonyl (C=O) groups excluding carboxylic acids is 1. The molecule has 1 aliphatic heterocycles. The molecule has 2 aromatic rings. The fourth-order valence-electron chi connectivity index (χ4n) is 4.25. The quantitative estimate of drug-likeness (QED) is 0.826. The van der Waals surface area contributed by atoms with Crippen molar-refractivity contribution in [1.82, 2.24) is 0 Å². The minimum Gasteiger partial charge on any atom is -0.478 e. The van der Waals surface area contributed by atoms with Crippen LogP contribution >= 0.6 is 0 Å². The number of nitrogens with two attached hydrogens (primary N) is 1. The van der Waals surface area contributed by atoms with Crippen molar-refractivity contribution < 1.29 is 14.3 Å². The van der Waals surface area contributed by atoms with Crippen LogP contribution in [0.4, 0.5) is 0 Å². The van der Waals surface area contributed by atoms with Gasteiger partial charge in [0, 0.05) is 24.3 Å². The van der Waals surface area contributed by atoms with Crippen molar-refractivity contribution in [3.05, 3.63) is 71.5 Å². The lowest BCUT2D eigenvalue weighted by atomic mass is 9.68. The summed E-state index contributed by atoms with van der Waals surface area (Å²) in [4.78, 5) is 13.1. The normalized spacial score (nSPS) is 25.6. The van der Waals surface area contributed by atoms with Gasteiger partial charge in [-0.3, -0.25) is 10.5 Å². The highest BCUT2D eigenvalue weighted by atomic mass is 16.5. The van der Waals surface area contributed by atoms with E-state index in [2.05, 4.69) is 6.07 Å². The van der Waals surface area contributed by atoms with Crippen LogP contribution < -0.4 is 10.5 Å². The molecule has 0 fully saturated rings. The number of ether oxygens (including phenoxy) is 2. The van der Waals surface area contributed by atoms with Gasteiger partial charge in [-0.2, -0.15) is 5.26 Å². The van der Waals surface area contributed by atoms with Crippen molar-refractivity contribution in [2.75, 3.05) is 0 Å². The lowest BCUT2D eigenvalue weighted by molar-refractivity contribution is -0.120. The van der Waals surface area contributed by atoms with Crippen LogP contribution in [0.3, 0.4) is 0 Å². The van der Waals surface area contributed by atoms with Gasteiger partial charge in [0.25, 0.3) is 0 Å². The van der Waals surface area contributed by atoms with Crippen molar-refractivity contribution in [2.24, 2.45) is 17.1 Å². The molecule has 29 heavy (non-hydrogen) atoms. The molecule has 4 rings (SSSR count). The summed E-state index contributed by atoms with van der Waals surface area (Å²) in [6.45, 7) is 4.09. The Balaban J connectivity index is 1.76. The smallest absolute Gasteiger partial charge is 0.164 e. The summed E-state index contributed by atoms with van der Waals surface area (Å²) in [6, 6.07) is 19.3. The Bertz CT molecular complexity index is 1000. The van der Waals surface area contributed by atoms with Crippen LogP contribution in [0.5, 0.6) is 11.5 Å². The minimum atomic E-state index is -0.774. The van der Waals surface area contributed by atoms with Crippen molar-refractivity contribution in [3.8, 4) is 17.6 Å². The van der Waals surface area contributed by atoms with E-state index in [1.165, 1.54) is 0 Å². The molecule has 0 bridgehead atoms. The molecule has 1 aliphatic carbocycles. The number of ketones is 1. The number of rotatable bonds is 3. The summed E-state index contributed by atoms with van der Waals surface area (Å²) < 4.78 is 11.8. The number of hydrogen-bond acceptors (Lipinski definition) is 5. The van der Waals surface area contributed by atoms with Crippen molar-refractivity contribution >= 4 is 5.78 Å². The van der Waals surface area contributed by atoms with Gasteiger partial charge in [0.05, 0.1) is 6.07 Å². The highest BCUT2D eigenvalue weighted by Crippen LogP contribution is 2.48. The Hall–Kier alpha value is -3.10. The number of nitriles is 1. The van der Waals surface area contributed by atoms with Gasteiger partial charge in [-0.1, -0.05) is 44.2 Å². The van der Waals surface area contributed by atoms with Gasteiger partial charge in [-0.25, -0.2) is 0 Å². The van der Waals surface area contributed by atoms with E-state index in [0.29, 0.717) is 29.9 Å². The number of benzene rings is 2. The van der Waals surface area contributed by atoms with E-state index < -0.39 is 18.1 Å². The molecular weight excluding hydrogens is 364 g/mol. The molecule has 148 valence electrons. The second-order valence-electron chi connectivity index (χ2n) is 8.48. The summed E-state index contributed by atoms with van der Waals surface area (Å²) in [5.74, 6) is 0.955. The molecule has 0 saturated heterocycles. The van der Waals surface area contributed by atoms with Crippen LogP contribution in [0.1, 0.15) is 38.2 Å². The fraction of sp³-hybridized carbons (Fsp3) is 0.333.